The lowest BCUT2D eigenvalue weighted by Crippen LogP contribution is -2.22. The zero-order valence-electron chi connectivity index (χ0n) is 5.94. The third kappa shape index (κ3) is 5.96. The maximum atomic E-state index is 9.91. The number of rotatable bonds is 5. The van der Waals surface area contributed by atoms with Crippen molar-refractivity contribution in [1.82, 2.24) is 5.06 Å². The van der Waals surface area contributed by atoms with Gasteiger partial charge >= 0.3 is 0 Å². The summed E-state index contributed by atoms with van der Waals surface area (Å²) in [4.78, 5) is 0. The first kappa shape index (κ1) is 9.83. The van der Waals surface area contributed by atoms with Crippen LogP contribution in [0.15, 0.2) is 0 Å². The van der Waals surface area contributed by atoms with Crippen molar-refractivity contribution in [2.45, 2.75) is 0 Å². The molecule has 62 valence electrons. The molecule has 0 amide bonds. The smallest absolute Gasteiger partial charge is 0.273 e. The summed E-state index contributed by atoms with van der Waals surface area (Å²) < 4.78 is 28.7. The van der Waals surface area contributed by atoms with Crippen LogP contribution >= 0.6 is 0 Å². The molecule has 0 N–H and O–H groups in total. The fourth-order valence-electron chi connectivity index (χ4n) is 0.374. The minimum absolute atomic E-state index is 0.430. The Bertz CT molecular complexity index is 138. The first-order valence-electron chi connectivity index (χ1n) is 2.69. The van der Waals surface area contributed by atoms with Crippen LogP contribution in [0.2, 0.25) is 0 Å². The van der Waals surface area contributed by atoms with E-state index in [9.17, 15) is 8.42 Å². The third-order valence-electron chi connectivity index (χ3n) is 0.816. The van der Waals surface area contributed by atoms with Gasteiger partial charge in [-0.05, 0) is 0 Å². The van der Waals surface area contributed by atoms with Gasteiger partial charge in [0.25, 0.3) is 11.0 Å². The van der Waals surface area contributed by atoms with E-state index in [1.807, 2.05) is 0 Å². The molecule has 0 unspecified atom stereocenters. The highest BCUT2D eigenvalue weighted by Crippen LogP contribution is 1.83. The van der Waals surface area contributed by atoms with Crippen molar-refractivity contribution in [2.24, 2.45) is 0 Å². The lowest BCUT2D eigenvalue weighted by atomic mass is 10.7. The molecule has 10 heavy (non-hydrogen) atoms. The highest BCUT2D eigenvalue weighted by molar-refractivity contribution is 7.67. The Morgan fingerprint density at radius 1 is 1.50 bits per heavy atom. The molecule has 0 radical (unpaired) electrons. The van der Waals surface area contributed by atoms with Crippen LogP contribution < -0.4 is 0 Å². The van der Waals surface area contributed by atoms with Gasteiger partial charge in [-0.15, -0.1) is 0 Å². The molecule has 0 aromatic heterocycles. The molecule has 0 aromatic rings. The Balaban J connectivity index is 3.33. The van der Waals surface area contributed by atoms with E-state index in [1.54, 1.807) is 0 Å². The molecule has 0 heterocycles. The van der Waals surface area contributed by atoms with Crippen molar-refractivity contribution in [3.05, 3.63) is 0 Å². The van der Waals surface area contributed by atoms with Crippen LogP contribution in [0.4, 0.5) is 0 Å². The molecular weight excluding hydrogens is 158 g/mol. The molecule has 5 nitrogen and oxygen atoms in total. The molecule has 0 fully saturated rings. The van der Waals surface area contributed by atoms with Gasteiger partial charge in [-0.25, -0.2) is 8.42 Å². The number of methoxy groups -OCH3 is 1. The van der Waals surface area contributed by atoms with Crippen LogP contribution in [-0.4, -0.2) is 40.8 Å². The first-order chi connectivity index (χ1) is 4.66. The van der Waals surface area contributed by atoms with Crippen molar-refractivity contribution in [3.8, 4) is 0 Å². The fourth-order valence-corrected chi connectivity index (χ4v) is 0.684. The van der Waals surface area contributed by atoms with Gasteiger partial charge in [-0.2, -0.15) is 9.35 Å². The third-order valence-corrected chi connectivity index (χ3v) is 1.23. The van der Waals surface area contributed by atoms with Crippen LogP contribution in [-0.2, 0) is 20.0 Å². The van der Waals surface area contributed by atoms with Crippen molar-refractivity contribution in [2.75, 3.05) is 27.3 Å². The lowest BCUT2D eigenvalue weighted by Gasteiger charge is -2.09. The molecule has 0 spiro atoms. The van der Waals surface area contributed by atoms with E-state index < -0.39 is 11.0 Å². The molecule has 6 heteroatoms. The Hall–Kier alpha value is -0.170. The van der Waals surface area contributed by atoms with Crippen LogP contribution in [0.1, 0.15) is 0 Å². The quantitative estimate of drug-likeness (QED) is 0.423. The largest absolute Gasteiger partial charge is 0.383 e. The van der Waals surface area contributed by atoms with Gasteiger partial charge in [0.1, 0.15) is 0 Å². The minimum atomic E-state index is -2.79. The topological polar surface area (TPSA) is 55.8 Å². The van der Waals surface area contributed by atoms with Crippen LogP contribution in [0.5, 0.6) is 0 Å². The number of likely N-dealkylation sites (N-methyl/N-ethyl adjacent to an activating group) is 1. The number of thiol groups is 1. The van der Waals surface area contributed by atoms with Crippen LogP contribution in [0.3, 0.4) is 0 Å². The number of hydroxylamine groups is 2. The molecule has 0 aliphatic heterocycles. The number of ether oxygens (including phenoxy) is 1. The lowest BCUT2D eigenvalue weighted by molar-refractivity contribution is -0.0349. The van der Waals surface area contributed by atoms with Crippen molar-refractivity contribution >= 4 is 11.0 Å². The molecule has 0 aliphatic carbocycles. The normalized spacial score (nSPS) is 11.2. The summed E-state index contributed by atoms with van der Waals surface area (Å²) in [7, 11) is 0.265. The molecule has 0 rings (SSSR count). The molecule has 0 aliphatic rings. The second-order valence-corrected chi connectivity index (χ2v) is 2.26. The Kier molecular flexibility index (Phi) is 5.51. The highest BCUT2D eigenvalue weighted by atomic mass is 32.2. The molecule has 0 bridgehead atoms. The summed E-state index contributed by atoms with van der Waals surface area (Å²) in [5.41, 5.74) is 0. The summed E-state index contributed by atoms with van der Waals surface area (Å²) in [6, 6.07) is 0. The zero-order valence-corrected chi connectivity index (χ0v) is 6.84. The monoisotopic (exact) mass is 169 g/mol. The zero-order chi connectivity index (χ0) is 7.98. The Labute approximate surface area is 61.6 Å². The maximum absolute atomic E-state index is 9.91. The average molecular weight is 169 g/mol. The van der Waals surface area contributed by atoms with Gasteiger partial charge in [0.15, 0.2) is 0 Å². The van der Waals surface area contributed by atoms with E-state index in [4.69, 9.17) is 0 Å². The predicted octanol–water partition coefficient (Wildman–Crippen LogP) is -0.977. The number of hydrogen-bond acceptors (Lipinski definition) is 5. The predicted molar refractivity (Wildman–Crippen MR) is 35.9 cm³/mol. The van der Waals surface area contributed by atoms with E-state index in [0.717, 1.165) is 0 Å². The van der Waals surface area contributed by atoms with E-state index >= 15 is 0 Å². The van der Waals surface area contributed by atoms with Gasteiger partial charge < -0.3 is 4.74 Å². The number of nitrogens with zero attached hydrogens (tertiary/aromatic N) is 1. The van der Waals surface area contributed by atoms with E-state index in [0.29, 0.717) is 13.2 Å². The van der Waals surface area contributed by atoms with E-state index in [1.165, 1.54) is 19.2 Å². The Morgan fingerprint density at radius 3 is 2.50 bits per heavy atom. The molecule has 0 aromatic carbocycles. The average Bonchev–Trinajstić information content (AvgIpc) is 1.82. The molecule has 0 atom stereocenters. The minimum Gasteiger partial charge on any atom is -0.383 e. The SMILES string of the molecule is COCCN(C)O[SH](=O)=O. The maximum Gasteiger partial charge on any atom is 0.273 e. The van der Waals surface area contributed by atoms with Gasteiger partial charge in [0.05, 0.1) is 6.61 Å². The second kappa shape index (κ2) is 5.60. The van der Waals surface area contributed by atoms with E-state index in [2.05, 4.69) is 9.02 Å². The highest BCUT2D eigenvalue weighted by Gasteiger charge is 1.96. The number of hydrogen-bond donors (Lipinski definition) is 1. The van der Waals surface area contributed by atoms with Crippen LogP contribution in [0, 0.1) is 0 Å². The summed E-state index contributed by atoms with van der Waals surface area (Å²) in [5, 5.41) is 1.19. The van der Waals surface area contributed by atoms with E-state index in [-0.39, 0.29) is 0 Å². The summed E-state index contributed by atoms with van der Waals surface area (Å²) in [5.74, 6) is 0. The van der Waals surface area contributed by atoms with Crippen LogP contribution in [0.25, 0.3) is 0 Å². The van der Waals surface area contributed by atoms with Gasteiger partial charge in [0.2, 0.25) is 0 Å². The van der Waals surface area contributed by atoms with Gasteiger partial charge in [-0.3, -0.25) is 0 Å². The fraction of sp³-hybridized carbons (Fsp3) is 1.00. The van der Waals surface area contributed by atoms with Crippen molar-refractivity contribution in [1.29, 1.82) is 0 Å². The van der Waals surface area contributed by atoms with Crippen molar-refractivity contribution < 1.29 is 17.4 Å². The molecular formula is C4H11NO4S. The second-order valence-electron chi connectivity index (χ2n) is 1.65. The summed E-state index contributed by atoms with van der Waals surface area (Å²) in [6.45, 7) is 0.874. The van der Waals surface area contributed by atoms with Gasteiger partial charge in [0, 0.05) is 20.7 Å². The standard InChI is InChI=1S/C4H11NO4S/c1-5(3-4-8-2)9-10(6)7/h10H,3-4H2,1-2H3. The molecule has 0 saturated heterocycles. The summed E-state index contributed by atoms with van der Waals surface area (Å²) in [6.07, 6.45) is 0. The Morgan fingerprint density at radius 2 is 2.10 bits per heavy atom. The van der Waals surface area contributed by atoms with Crippen molar-refractivity contribution in [3.63, 3.8) is 0 Å². The molecule has 0 saturated carbocycles. The first-order valence-corrected chi connectivity index (χ1v) is 3.79. The van der Waals surface area contributed by atoms with Gasteiger partial charge in [-0.1, -0.05) is 0 Å². The summed E-state index contributed by atoms with van der Waals surface area (Å²) >= 11 is 0.